The zero-order valence-electron chi connectivity index (χ0n) is 9.11. The molecule has 0 saturated carbocycles. The molecule has 0 amide bonds. The standard InChI is InChI=1S/C12H13ClN2O/c1-2-9-5-3-4-6-10(9)12-15-14-11(16-12)7-8-13/h3-6H,2,7-8H2,1H3. The molecule has 0 radical (unpaired) electrons. The molecule has 0 aliphatic heterocycles. The molecule has 1 aromatic carbocycles. The fourth-order valence-corrected chi connectivity index (χ4v) is 1.74. The topological polar surface area (TPSA) is 38.9 Å². The summed E-state index contributed by atoms with van der Waals surface area (Å²) >= 11 is 5.62. The molecule has 0 unspecified atom stereocenters. The molecule has 0 saturated heterocycles. The minimum Gasteiger partial charge on any atom is -0.421 e. The molecule has 0 atom stereocenters. The van der Waals surface area contributed by atoms with Gasteiger partial charge in [-0.05, 0) is 18.1 Å². The summed E-state index contributed by atoms with van der Waals surface area (Å²) in [7, 11) is 0. The van der Waals surface area contributed by atoms with Crippen molar-refractivity contribution >= 4 is 11.6 Å². The second-order valence-electron chi connectivity index (χ2n) is 3.45. The lowest BCUT2D eigenvalue weighted by Gasteiger charge is -2.01. The van der Waals surface area contributed by atoms with Crippen LogP contribution in [0.1, 0.15) is 18.4 Å². The maximum Gasteiger partial charge on any atom is 0.248 e. The van der Waals surface area contributed by atoms with E-state index in [1.807, 2.05) is 18.2 Å². The number of hydrogen-bond donors (Lipinski definition) is 0. The van der Waals surface area contributed by atoms with Crippen LogP contribution in [0.5, 0.6) is 0 Å². The van der Waals surface area contributed by atoms with Gasteiger partial charge in [-0.3, -0.25) is 0 Å². The van der Waals surface area contributed by atoms with E-state index < -0.39 is 0 Å². The first kappa shape index (κ1) is 11.1. The van der Waals surface area contributed by atoms with Gasteiger partial charge in [-0.1, -0.05) is 25.1 Å². The lowest BCUT2D eigenvalue weighted by atomic mass is 10.1. The molecule has 1 aromatic heterocycles. The quantitative estimate of drug-likeness (QED) is 0.766. The van der Waals surface area contributed by atoms with Crippen LogP contribution in [0.25, 0.3) is 11.5 Å². The van der Waals surface area contributed by atoms with Crippen molar-refractivity contribution in [3.63, 3.8) is 0 Å². The molecular formula is C12H13ClN2O. The van der Waals surface area contributed by atoms with Crippen molar-refractivity contribution in [2.75, 3.05) is 5.88 Å². The summed E-state index contributed by atoms with van der Waals surface area (Å²) in [6.45, 7) is 2.11. The maximum atomic E-state index is 5.62. The van der Waals surface area contributed by atoms with Crippen LogP contribution in [0.3, 0.4) is 0 Å². The van der Waals surface area contributed by atoms with Gasteiger partial charge in [-0.15, -0.1) is 21.8 Å². The van der Waals surface area contributed by atoms with Crippen molar-refractivity contribution < 1.29 is 4.42 Å². The SMILES string of the molecule is CCc1ccccc1-c1nnc(CCCl)o1. The highest BCUT2D eigenvalue weighted by atomic mass is 35.5. The van der Waals surface area contributed by atoms with Gasteiger partial charge < -0.3 is 4.42 Å². The van der Waals surface area contributed by atoms with E-state index >= 15 is 0 Å². The third-order valence-electron chi connectivity index (χ3n) is 2.40. The summed E-state index contributed by atoms with van der Waals surface area (Å²) in [6, 6.07) is 8.05. The van der Waals surface area contributed by atoms with Crippen molar-refractivity contribution in [2.45, 2.75) is 19.8 Å². The van der Waals surface area contributed by atoms with E-state index in [9.17, 15) is 0 Å². The molecule has 3 nitrogen and oxygen atoms in total. The number of alkyl halides is 1. The van der Waals surface area contributed by atoms with E-state index in [2.05, 4.69) is 23.2 Å². The van der Waals surface area contributed by atoms with Gasteiger partial charge in [0.15, 0.2) is 0 Å². The van der Waals surface area contributed by atoms with Crippen molar-refractivity contribution in [1.29, 1.82) is 0 Å². The fraction of sp³-hybridized carbons (Fsp3) is 0.333. The van der Waals surface area contributed by atoms with Gasteiger partial charge in [0.1, 0.15) is 0 Å². The molecule has 4 heteroatoms. The number of aromatic nitrogens is 2. The molecule has 16 heavy (non-hydrogen) atoms. The van der Waals surface area contributed by atoms with Crippen LogP contribution >= 0.6 is 11.6 Å². The Hall–Kier alpha value is -1.35. The molecule has 84 valence electrons. The molecule has 0 spiro atoms. The van der Waals surface area contributed by atoms with Gasteiger partial charge in [-0.25, -0.2) is 0 Å². The van der Waals surface area contributed by atoms with E-state index in [4.69, 9.17) is 16.0 Å². The monoisotopic (exact) mass is 236 g/mol. The second kappa shape index (κ2) is 5.12. The number of benzene rings is 1. The molecule has 0 aliphatic rings. The maximum absolute atomic E-state index is 5.62. The van der Waals surface area contributed by atoms with E-state index in [1.165, 1.54) is 5.56 Å². The Morgan fingerprint density at radius 3 is 2.81 bits per heavy atom. The molecule has 2 aromatic rings. The van der Waals surface area contributed by atoms with Crippen LogP contribution in [0.15, 0.2) is 28.7 Å². The summed E-state index contributed by atoms with van der Waals surface area (Å²) < 4.78 is 5.55. The Bertz CT molecular complexity index is 468. The van der Waals surface area contributed by atoms with Crippen molar-refractivity contribution in [3.8, 4) is 11.5 Å². The van der Waals surface area contributed by atoms with Gasteiger partial charge >= 0.3 is 0 Å². The number of aryl methyl sites for hydroxylation is 2. The van der Waals surface area contributed by atoms with Crippen LogP contribution in [-0.2, 0) is 12.8 Å². The minimum atomic E-state index is 0.497. The van der Waals surface area contributed by atoms with Gasteiger partial charge in [0.25, 0.3) is 0 Å². The summed E-state index contributed by atoms with van der Waals surface area (Å²) in [5, 5.41) is 7.99. The number of hydrogen-bond acceptors (Lipinski definition) is 3. The minimum absolute atomic E-state index is 0.497. The van der Waals surface area contributed by atoms with Gasteiger partial charge in [0, 0.05) is 17.9 Å². The molecule has 0 N–H and O–H groups in total. The van der Waals surface area contributed by atoms with Gasteiger partial charge in [0.2, 0.25) is 11.8 Å². The van der Waals surface area contributed by atoms with Crippen LogP contribution in [0.4, 0.5) is 0 Å². The highest BCUT2D eigenvalue weighted by Gasteiger charge is 2.10. The van der Waals surface area contributed by atoms with Crippen molar-refractivity contribution in [1.82, 2.24) is 10.2 Å². The third-order valence-corrected chi connectivity index (χ3v) is 2.59. The summed E-state index contributed by atoms with van der Waals surface area (Å²) in [6.07, 6.45) is 1.56. The fourth-order valence-electron chi connectivity index (χ4n) is 1.58. The Kier molecular flexibility index (Phi) is 3.57. The average molecular weight is 237 g/mol. The highest BCUT2D eigenvalue weighted by molar-refractivity contribution is 6.17. The molecule has 0 aliphatic carbocycles. The summed E-state index contributed by atoms with van der Waals surface area (Å²) in [5.74, 6) is 1.67. The highest BCUT2D eigenvalue weighted by Crippen LogP contribution is 2.22. The Balaban J connectivity index is 2.34. The molecular weight excluding hydrogens is 224 g/mol. The van der Waals surface area contributed by atoms with Crippen molar-refractivity contribution in [3.05, 3.63) is 35.7 Å². The van der Waals surface area contributed by atoms with Gasteiger partial charge in [-0.2, -0.15) is 0 Å². The van der Waals surface area contributed by atoms with E-state index in [0.717, 1.165) is 12.0 Å². The zero-order valence-corrected chi connectivity index (χ0v) is 9.87. The predicted molar refractivity (Wildman–Crippen MR) is 63.5 cm³/mol. The van der Waals surface area contributed by atoms with E-state index in [0.29, 0.717) is 24.1 Å². The normalized spacial score (nSPS) is 10.6. The number of halogens is 1. The lowest BCUT2D eigenvalue weighted by Crippen LogP contribution is -1.86. The second-order valence-corrected chi connectivity index (χ2v) is 3.83. The Morgan fingerprint density at radius 1 is 1.25 bits per heavy atom. The van der Waals surface area contributed by atoms with Crippen LogP contribution in [0, 0.1) is 0 Å². The zero-order chi connectivity index (χ0) is 11.4. The van der Waals surface area contributed by atoms with Crippen LogP contribution in [0.2, 0.25) is 0 Å². The first-order valence-electron chi connectivity index (χ1n) is 5.31. The largest absolute Gasteiger partial charge is 0.421 e. The van der Waals surface area contributed by atoms with Crippen LogP contribution < -0.4 is 0 Å². The average Bonchev–Trinajstić information content (AvgIpc) is 2.78. The van der Waals surface area contributed by atoms with Crippen molar-refractivity contribution in [2.24, 2.45) is 0 Å². The lowest BCUT2D eigenvalue weighted by molar-refractivity contribution is 0.513. The molecule has 1 heterocycles. The number of nitrogens with zero attached hydrogens (tertiary/aromatic N) is 2. The van der Waals surface area contributed by atoms with Gasteiger partial charge in [0.05, 0.1) is 0 Å². The summed E-state index contributed by atoms with van der Waals surface area (Å²) in [4.78, 5) is 0. The van der Waals surface area contributed by atoms with Crippen LogP contribution in [-0.4, -0.2) is 16.1 Å². The summed E-state index contributed by atoms with van der Waals surface area (Å²) in [5.41, 5.74) is 2.22. The smallest absolute Gasteiger partial charge is 0.248 e. The molecule has 0 bridgehead atoms. The predicted octanol–water partition coefficient (Wildman–Crippen LogP) is 3.08. The molecule has 0 fully saturated rings. The molecule has 2 rings (SSSR count). The first-order chi connectivity index (χ1) is 7.85. The Labute approximate surface area is 99.5 Å². The van der Waals surface area contributed by atoms with E-state index in [1.54, 1.807) is 0 Å². The first-order valence-corrected chi connectivity index (χ1v) is 5.85. The van der Waals surface area contributed by atoms with E-state index in [-0.39, 0.29) is 0 Å². The number of rotatable bonds is 4. The third kappa shape index (κ3) is 2.25. The Morgan fingerprint density at radius 2 is 2.06 bits per heavy atom.